The number of nitrogens with one attached hydrogen (secondary N) is 1. The minimum atomic E-state index is -0.495. The van der Waals surface area contributed by atoms with E-state index in [9.17, 15) is 9.18 Å². The Morgan fingerprint density at radius 2 is 1.74 bits per heavy atom. The molecule has 0 aliphatic carbocycles. The van der Waals surface area contributed by atoms with Crippen LogP contribution in [0.25, 0.3) is 0 Å². The Morgan fingerprint density at radius 1 is 1.00 bits per heavy atom. The number of nitrogens with zero attached hydrogens (tertiary/aromatic N) is 3. The maximum Gasteiger partial charge on any atom is 0.412 e. The number of rotatable bonds is 6. The normalized spacial score (nSPS) is 15.3. The predicted octanol–water partition coefficient (Wildman–Crippen LogP) is 3.87. The highest BCUT2D eigenvalue weighted by atomic mass is 19.1. The summed E-state index contributed by atoms with van der Waals surface area (Å²) >= 11 is 0. The second-order valence-corrected chi connectivity index (χ2v) is 7.36. The molecule has 31 heavy (non-hydrogen) atoms. The third kappa shape index (κ3) is 5.38. The van der Waals surface area contributed by atoms with E-state index < -0.39 is 6.09 Å². The molecule has 0 bridgehead atoms. The van der Waals surface area contributed by atoms with E-state index >= 15 is 0 Å². The minimum Gasteiger partial charge on any atom is -0.410 e. The maximum atomic E-state index is 14.2. The van der Waals surface area contributed by atoms with Crippen molar-refractivity contribution in [3.8, 4) is 5.75 Å². The van der Waals surface area contributed by atoms with Crippen LogP contribution in [0.4, 0.5) is 14.9 Å². The summed E-state index contributed by atoms with van der Waals surface area (Å²) in [5.74, 6) is 0.293. The molecule has 3 aromatic rings. The van der Waals surface area contributed by atoms with Crippen molar-refractivity contribution in [3.63, 3.8) is 0 Å². The van der Waals surface area contributed by atoms with Crippen LogP contribution in [0.1, 0.15) is 11.6 Å². The van der Waals surface area contributed by atoms with Gasteiger partial charge in [0.15, 0.2) is 0 Å². The molecule has 0 spiro atoms. The van der Waals surface area contributed by atoms with Crippen LogP contribution in [-0.2, 0) is 0 Å². The third-order valence-electron chi connectivity index (χ3n) is 5.41. The van der Waals surface area contributed by atoms with Gasteiger partial charge < -0.3 is 15.0 Å². The number of hydrogen-bond donors (Lipinski definition) is 1. The summed E-state index contributed by atoms with van der Waals surface area (Å²) in [5.41, 5.74) is 1.64. The number of piperazine rings is 1. The molecule has 2 heterocycles. The lowest BCUT2D eigenvalue weighted by atomic mass is 10.1. The number of benzene rings is 2. The lowest BCUT2D eigenvalue weighted by molar-refractivity contribution is 0.169. The SMILES string of the molecule is O=C(NC[C@@H](c1cccnc1)N1CCN(c2ccccc2F)CC1)Oc1ccccc1. The first-order chi connectivity index (χ1) is 15.2. The van der Waals surface area contributed by atoms with Crippen LogP contribution in [0.2, 0.25) is 0 Å². The molecule has 1 amide bonds. The number of carbonyl (C=O) groups excluding carboxylic acids is 1. The molecule has 0 radical (unpaired) electrons. The standard InChI is InChI=1S/C24H25FN4O2/c25-21-10-4-5-11-22(21)28-13-15-29(16-14-28)23(19-7-6-12-26-17-19)18-27-24(30)31-20-8-2-1-3-9-20/h1-12,17,23H,13-16,18H2,(H,27,30)/t23-/m0/s1. The van der Waals surface area contributed by atoms with Crippen LogP contribution in [-0.4, -0.2) is 48.7 Å². The fourth-order valence-corrected chi connectivity index (χ4v) is 3.83. The summed E-state index contributed by atoms with van der Waals surface area (Å²) in [6.45, 7) is 3.27. The van der Waals surface area contributed by atoms with Crippen molar-refractivity contribution >= 4 is 11.8 Å². The van der Waals surface area contributed by atoms with Crippen molar-refractivity contribution < 1.29 is 13.9 Å². The Kier molecular flexibility index (Phi) is 6.74. The molecule has 7 heteroatoms. The minimum absolute atomic E-state index is 0.0557. The Labute approximate surface area is 181 Å². The van der Waals surface area contributed by atoms with E-state index in [1.54, 1.807) is 24.4 Å². The molecule has 1 aliphatic rings. The number of halogens is 1. The van der Waals surface area contributed by atoms with Gasteiger partial charge in [0, 0.05) is 45.1 Å². The van der Waals surface area contributed by atoms with Gasteiger partial charge in [-0.1, -0.05) is 36.4 Å². The largest absolute Gasteiger partial charge is 0.412 e. The number of para-hydroxylation sites is 2. The van der Waals surface area contributed by atoms with E-state index in [1.807, 2.05) is 48.7 Å². The second kappa shape index (κ2) is 10.0. The van der Waals surface area contributed by atoms with Gasteiger partial charge in [-0.05, 0) is 35.9 Å². The van der Waals surface area contributed by atoms with E-state index in [0.717, 1.165) is 18.7 Å². The van der Waals surface area contributed by atoms with Gasteiger partial charge in [-0.3, -0.25) is 9.88 Å². The molecule has 0 saturated carbocycles. The zero-order chi connectivity index (χ0) is 21.5. The summed E-state index contributed by atoms with van der Waals surface area (Å²) in [4.78, 5) is 20.9. The summed E-state index contributed by atoms with van der Waals surface area (Å²) in [7, 11) is 0. The zero-order valence-corrected chi connectivity index (χ0v) is 17.2. The van der Waals surface area contributed by atoms with E-state index in [-0.39, 0.29) is 11.9 Å². The van der Waals surface area contributed by atoms with E-state index in [2.05, 4.69) is 20.1 Å². The molecule has 0 unspecified atom stereocenters. The van der Waals surface area contributed by atoms with Gasteiger partial charge >= 0.3 is 6.09 Å². The molecule has 1 aliphatic heterocycles. The Bertz CT molecular complexity index is 979. The topological polar surface area (TPSA) is 57.7 Å². The average molecular weight is 420 g/mol. The number of anilines is 1. The molecule has 2 aromatic carbocycles. The first kappa shape index (κ1) is 20.8. The molecule has 1 N–H and O–H groups in total. The third-order valence-corrected chi connectivity index (χ3v) is 5.41. The number of aromatic nitrogens is 1. The van der Waals surface area contributed by atoms with Crippen molar-refractivity contribution in [2.75, 3.05) is 37.6 Å². The van der Waals surface area contributed by atoms with Gasteiger partial charge in [-0.2, -0.15) is 0 Å². The van der Waals surface area contributed by atoms with Gasteiger partial charge in [0.2, 0.25) is 0 Å². The quantitative estimate of drug-likeness (QED) is 0.656. The van der Waals surface area contributed by atoms with Crippen LogP contribution in [0.15, 0.2) is 79.1 Å². The fourth-order valence-electron chi connectivity index (χ4n) is 3.83. The van der Waals surface area contributed by atoms with Crippen LogP contribution in [0, 0.1) is 5.82 Å². The van der Waals surface area contributed by atoms with E-state index in [0.29, 0.717) is 31.1 Å². The van der Waals surface area contributed by atoms with Gasteiger partial charge in [0.1, 0.15) is 11.6 Å². The first-order valence-corrected chi connectivity index (χ1v) is 10.3. The molecule has 6 nitrogen and oxygen atoms in total. The molecule has 1 fully saturated rings. The number of ether oxygens (including phenoxy) is 1. The monoisotopic (exact) mass is 420 g/mol. The highest BCUT2D eigenvalue weighted by Crippen LogP contribution is 2.25. The molecule has 1 atom stereocenters. The Balaban J connectivity index is 1.40. The van der Waals surface area contributed by atoms with Crippen LogP contribution in [0.5, 0.6) is 5.75 Å². The van der Waals surface area contributed by atoms with Crippen LogP contribution in [0.3, 0.4) is 0 Å². The number of pyridine rings is 1. The highest BCUT2D eigenvalue weighted by Gasteiger charge is 2.27. The van der Waals surface area contributed by atoms with Gasteiger partial charge in [-0.15, -0.1) is 0 Å². The Hall–Kier alpha value is -3.45. The van der Waals surface area contributed by atoms with Gasteiger partial charge in [-0.25, -0.2) is 9.18 Å². The lowest BCUT2D eigenvalue weighted by Gasteiger charge is -2.40. The van der Waals surface area contributed by atoms with Crippen LogP contribution < -0.4 is 15.0 Å². The molecule has 4 rings (SSSR count). The predicted molar refractivity (Wildman–Crippen MR) is 118 cm³/mol. The van der Waals surface area contributed by atoms with Crippen molar-refractivity contribution in [3.05, 3.63) is 90.5 Å². The molecular weight excluding hydrogens is 395 g/mol. The second-order valence-electron chi connectivity index (χ2n) is 7.36. The van der Waals surface area contributed by atoms with Crippen LogP contribution >= 0.6 is 0 Å². The molecule has 1 aromatic heterocycles. The van der Waals surface area contributed by atoms with E-state index in [4.69, 9.17) is 4.74 Å². The van der Waals surface area contributed by atoms with Crippen molar-refractivity contribution in [1.82, 2.24) is 15.2 Å². The lowest BCUT2D eigenvalue weighted by Crippen LogP contribution is -2.50. The first-order valence-electron chi connectivity index (χ1n) is 10.3. The fraction of sp³-hybridized carbons (Fsp3) is 0.250. The summed E-state index contributed by atoms with van der Waals surface area (Å²) in [5, 5.41) is 2.87. The van der Waals surface area contributed by atoms with E-state index in [1.165, 1.54) is 6.07 Å². The average Bonchev–Trinajstić information content (AvgIpc) is 2.81. The smallest absolute Gasteiger partial charge is 0.410 e. The number of hydrogen-bond acceptors (Lipinski definition) is 5. The summed E-state index contributed by atoms with van der Waals surface area (Å²) in [6, 6.07) is 19.7. The van der Waals surface area contributed by atoms with Gasteiger partial charge in [0.25, 0.3) is 0 Å². The van der Waals surface area contributed by atoms with Crippen molar-refractivity contribution in [2.45, 2.75) is 6.04 Å². The highest BCUT2D eigenvalue weighted by molar-refractivity contribution is 5.70. The molecule has 160 valence electrons. The summed E-state index contributed by atoms with van der Waals surface area (Å²) < 4.78 is 19.5. The maximum absolute atomic E-state index is 14.2. The number of amides is 1. The summed E-state index contributed by atoms with van der Waals surface area (Å²) in [6.07, 6.45) is 3.05. The number of carbonyl (C=O) groups is 1. The van der Waals surface area contributed by atoms with Crippen molar-refractivity contribution in [1.29, 1.82) is 0 Å². The zero-order valence-electron chi connectivity index (χ0n) is 17.2. The Morgan fingerprint density at radius 3 is 2.45 bits per heavy atom. The van der Waals surface area contributed by atoms with Crippen molar-refractivity contribution in [2.24, 2.45) is 0 Å². The molecular formula is C24H25FN4O2. The van der Waals surface area contributed by atoms with Gasteiger partial charge in [0.05, 0.1) is 11.7 Å². The molecule has 1 saturated heterocycles.